The molecule has 0 aromatic rings. The molecule has 0 radical (unpaired) electrons. The second kappa shape index (κ2) is 7.33. The molecule has 0 fully saturated rings. The number of rotatable bonds is 6. The monoisotopic (exact) mass is 236 g/mol. The molecular weight excluding hydrogens is 212 g/mol. The van der Waals surface area contributed by atoms with E-state index in [4.69, 9.17) is 9.47 Å². The Hall–Kier alpha value is -1.02. The lowest BCUT2D eigenvalue weighted by molar-refractivity contribution is 0.112. The van der Waals surface area contributed by atoms with Gasteiger partial charge in [0.15, 0.2) is 0 Å². The van der Waals surface area contributed by atoms with Gasteiger partial charge in [-0.05, 0) is 38.2 Å². The molecule has 96 valence electrons. The molecule has 1 rings (SSSR count). The van der Waals surface area contributed by atoms with Crippen LogP contribution in [0.5, 0.6) is 0 Å². The van der Waals surface area contributed by atoms with Crippen LogP contribution in [0, 0.1) is 5.92 Å². The largest absolute Gasteiger partial charge is 0.496 e. The van der Waals surface area contributed by atoms with E-state index >= 15 is 0 Å². The van der Waals surface area contributed by atoms with Gasteiger partial charge in [0.05, 0.1) is 13.2 Å². The fourth-order valence-electron chi connectivity index (χ4n) is 1.87. The van der Waals surface area contributed by atoms with Crippen molar-refractivity contribution in [3.05, 3.63) is 35.6 Å². The van der Waals surface area contributed by atoms with Gasteiger partial charge >= 0.3 is 0 Å². The highest BCUT2D eigenvalue weighted by atomic mass is 16.5. The summed E-state index contributed by atoms with van der Waals surface area (Å²) in [6, 6.07) is 0. The number of hydrogen-bond donors (Lipinski definition) is 0. The highest BCUT2D eigenvalue weighted by Gasteiger charge is 2.10. The van der Waals surface area contributed by atoms with Crippen LogP contribution in [0.15, 0.2) is 35.6 Å². The Bertz CT molecular complexity index is 313. The van der Waals surface area contributed by atoms with Crippen LogP contribution < -0.4 is 0 Å². The third-order valence-corrected chi connectivity index (χ3v) is 3.08. The van der Waals surface area contributed by atoms with E-state index in [9.17, 15) is 0 Å². The van der Waals surface area contributed by atoms with Crippen LogP contribution in [0.4, 0.5) is 0 Å². The van der Waals surface area contributed by atoms with Gasteiger partial charge in [0, 0.05) is 12.7 Å². The summed E-state index contributed by atoms with van der Waals surface area (Å²) in [5.41, 5.74) is 1.20. The van der Waals surface area contributed by atoms with E-state index in [0.717, 1.165) is 25.0 Å². The van der Waals surface area contributed by atoms with E-state index in [0.29, 0.717) is 12.0 Å². The molecule has 0 spiro atoms. The summed E-state index contributed by atoms with van der Waals surface area (Å²) < 4.78 is 10.6. The number of allylic oxidation sites excluding steroid dienone is 4. The van der Waals surface area contributed by atoms with Gasteiger partial charge in [0.1, 0.15) is 5.76 Å². The molecule has 0 bridgehead atoms. The highest BCUT2D eigenvalue weighted by molar-refractivity contribution is 5.38. The predicted molar refractivity (Wildman–Crippen MR) is 71.8 cm³/mol. The standard InChI is InChI=1S/C15H24O2/c1-12-9-10-15(17-4)14(11-12)8-6-5-7-13(2)16-3/h6,8,10-13H,5,7,9H2,1-4H3/b8-6+/t12?,13-/m1/s1. The zero-order chi connectivity index (χ0) is 12.7. The Labute approximate surface area is 105 Å². The SMILES string of the molecule is COC1=CCC(C)C=C1/C=C/CC[C@@H](C)OC. The molecule has 0 amide bonds. The molecular formula is C15H24O2. The van der Waals surface area contributed by atoms with Gasteiger partial charge in [-0.3, -0.25) is 0 Å². The molecule has 17 heavy (non-hydrogen) atoms. The van der Waals surface area contributed by atoms with Crippen molar-refractivity contribution in [2.75, 3.05) is 14.2 Å². The molecule has 0 aromatic carbocycles. The Morgan fingerprint density at radius 2 is 2.24 bits per heavy atom. The van der Waals surface area contributed by atoms with Crippen molar-refractivity contribution < 1.29 is 9.47 Å². The third kappa shape index (κ3) is 4.78. The van der Waals surface area contributed by atoms with Gasteiger partial charge in [-0.1, -0.05) is 25.2 Å². The van der Waals surface area contributed by atoms with Crippen LogP contribution in [0.3, 0.4) is 0 Å². The third-order valence-electron chi connectivity index (χ3n) is 3.08. The minimum Gasteiger partial charge on any atom is -0.496 e. The van der Waals surface area contributed by atoms with Crippen LogP contribution in [-0.2, 0) is 9.47 Å². The molecule has 1 unspecified atom stereocenters. The lowest BCUT2D eigenvalue weighted by atomic mass is 9.96. The van der Waals surface area contributed by atoms with E-state index in [1.807, 2.05) is 0 Å². The second-order valence-corrected chi connectivity index (χ2v) is 4.63. The molecule has 2 nitrogen and oxygen atoms in total. The van der Waals surface area contributed by atoms with Crippen molar-refractivity contribution in [1.29, 1.82) is 0 Å². The average molecular weight is 236 g/mol. The summed E-state index contributed by atoms with van der Waals surface area (Å²) in [6.07, 6.45) is 12.3. The average Bonchev–Trinajstić information content (AvgIpc) is 2.34. The summed E-state index contributed by atoms with van der Waals surface area (Å²) >= 11 is 0. The highest BCUT2D eigenvalue weighted by Crippen LogP contribution is 2.24. The maximum atomic E-state index is 5.37. The quantitative estimate of drug-likeness (QED) is 0.697. The smallest absolute Gasteiger partial charge is 0.121 e. The van der Waals surface area contributed by atoms with E-state index in [1.165, 1.54) is 5.57 Å². The Morgan fingerprint density at radius 3 is 2.88 bits per heavy atom. The lowest BCUT2D eigenvalue weighted by Gasteiger charge is -2.16. The predicted octanol–water partition coefficient (Wildman–Crippen LogP) is 3.85. The molecule has 0 saturated carbocycles. The van der Waals surface area contributed by atoms with Crippen LogP contribution in [-0.4, -0.2) is 20.3 Å². The molecule has 0 aromatic heterocycles. The van der Waals surface area contributed by atoms with Crippen molar-refractivity contribution in [3.8, 4) is 0 Å². The van der Waals surface area contributed by atoms with Crippen molar-refractivity contribution in [2.24, 2.45) is 5.92 Å². The van der Waals surface area contributed by atoms with Crippen LogP contribution in [0.2, 0.25) is 0 Å². The van der Waals surface area contributed by atoms with Crippen molar-refractivity contribution in [3.63, 3.8) is 0 Å². The number of methoxy groups -OCH3 is 2. The van der Waals surface area contributed by atoms with Crippen LogP contribution >= 0.6 is 0 Å². The normalized spacial score (nSPS) is 22.2. The molecule has 2 heteroatoms. The molecule has 1 aliphatic carbocycles. The number of hydrogen-bond acceptors (Lipinski definition) is 2. The summed E-state index contributed by atoms with van der Waals surface area (Å²) in [5.74, 6) is 1.60. The van der Waals surface area contributed by atoms with Crippen LogP contribution in [0.25, 0.3) is 0 Å². The van der Waals surface area contributed by atoms with Crippen molar-refractivity contribution >= 4 is 0 Å². The van der Waals surface area contributed by atoms with Gasteiger partial charge in [-0.25, -0.2) is 0 Å². The second-order valence-electron chi connectivity index (χ2n) is 4.63. The first kappa shape index (κ1) is 14.0. The first-order valence-corrected chi connectivity index (χ1v) is 6.33. The molecule has 0 aliphatic heterocycles. The minimum atomic E-state index is 0.330. The Balaban J connectivity index is 2.48. The van der Waals surface area contributed by atoms with E-state index < -0.39 is 0 Å². The first-order chi connectivity index (χ1) is 8.17. The van der Waals surface area contributed by atoms with Crippen molar-refractivity contribution in [2.45, 2.75) is 39.2 Å². The topological polar surface area (TPSA) is 18.5 Å². The summed E-state index contributed by atoms with van der Waals surface area (Å²) in [6.45, 7) is 4.32. The minimum absolute atomic E-state index is 0.330. The molecule has 0 saturated heterocycles. The summed E-state index contributed by atoms with van der Waals surface area (Å²) in [4.78, 5) is 0. The zero-order valence-corrected chi connectivity index (χ0v) is 11.4. The molecule has 0 N–H and O–H groups in total. The maximum Gasteiger partial charge on any atom is 0.121 e. The van der Waals surface area contributed by atoms with Gasteiger partial charge in [-0.2, -0.15) is 0 Å². The van der Waals surface area contributed by atoms with Gasteiger partial charge < -0.3 is 9.47 Å². The zero-order valence-electron chi connectivity index (χ0n) is 11.4. The van der Waals surface area contributed by atoms with Crippen molar-refractivity contribution in [1.82, 2.24) is 0 Å². The summed E-state index contributed by atoms with van der Waals surface area (Å²) in [7, 11) is 3.49. The van der Waals surface area contributed by atoms with Gasteiger partial charge in [0.25, 0.3) is 0 Å². The maximum absolute atomic E-state index is 5.37. The fraction of sp³-hybridized carbons (Fsp3) is 0.600. The van der Waals surface area contributed by atoms with Crippen LogP contribution in [0.1, 0.15) is 33.1 Å². The number of ether oxygens (including phenoxy) is 2. The first-order valence-electron chi connectivity index (χ1n) is 6.33. The van der Waals surface area contributed by atoms with E-state index in [1.54, 1.807) is 14.2 Å². The fourth-order valence-corrected chi connectivity index (χ4v) is 1.87. The Kier molecular flexibility index (Phi) is 6.06. The molecule has 1 aliphatic rings. The Morgan fingerprint density at radius 1 is 1.47 bits per heavy atom. The summed E-state index contributed by atoms with van der Waals surface area (Å²) in [5, 5.41) is 0. The molecule has 2 atom stereocenters. The van der Waals surface area contributed by atoms with Gasteiger partial charge in [0.2, 0.25) is 0 Å². The lowest BCUT2D eigenvalue weighted by Crippen LogP contribution is -2.03. The van der Waals surface area contributed by atoms with E-state index in [-0.39, 0.29) is 0 Å². The van der Waals surface area contributed by atoms with E-state index in [2.05, 4.69) is 38.2 Å². The molecule has 0 heterocycles. The van der Waals surface area contributed by atoms with Gasteiger partial charge in [-0.15, -0.1) is 0 Å².